The van der Waals surface area contributed by atoms with Crippen LogP contribution in [0.3, 0.4) is 0 Å². The lowest BCUT2D eigenvalue weighted by molar-refractivity contribution is 0.905. The molecule has 0 aliphatic rings. The molecule has 62 valence electrons. The van der Waals surface area contributed by atoms with Crippen LogP contribution in [0, 0.1) is 0 Å². The Morgan fingerprint density at radius 3 is 2.18 bits per heavy atom. The highest BCUT2D eigenvalue weighted by Crippen LogP contribution is 2.10. The zero-order valence-electron chi connectivity index (χ0n) is 6.84. The van der Waals surface area contributed by atoms with Crippen LogP contribution in [0.1, 0.15) is 19.3 Å². The molecule has 0 aromatic rings. The lowest BCUT2D eigenvalue weighted by Gasteiger charge is -2.04. The molecule has 0 unspecified atom stereocenters. The third-order valence-corrected chi connectivity index (χ3v) is 1.45. The van der Waals surface area contributed by atoms with Crippen LogP contribution in [-0.2, 0) is 0 Å². The van der Waals surface area contributed by atoms with Crippen molar-refractivity contribution < 1.29 is 0 Å². The monoisotopic (exact) mass is 152 g/mol. The van der Waals surface area contributed by atoms with Gasteiger partial charge in [-0.15, -0.1) is 13.2 Å². The van der Waals surface area contributed by atoms with Gasteiger partial charge in [-0.3, -0.25) is 0 Å². The molecule has 0 atom stereocenters. The van der Waals surface area contributed by atoms with Crippen LogP contribution in [0.15, 0.2) is 36.7 Å². The predicted octanol–water partition coefficient (Wildman–Crippen LogP) is 1.66. The summed E-state index contributed by atoms with van der Waals surface area (Å²) in [6.45, 7) is 7.24. The molecule has 0 aromatic heterocycles. The van der Waals surface area contributed by atoms with E-state index in [0.29, 0.717) is 5.82 Å². The highest BCUT2D eigenvalue weighted by molar-refractivity contribution is 5.11. The SMILES string of the molecule is C=CCCC(CC=C)=C(N)N. The molecule has 11 heavy (non-hydrogen) atoms. The summed E-state index contributed by atoms with van der Waals surface area (Å²) in [5.74, 6) is 0.423. The lowest BCUT2D eigenvalue weighted by atomic mass is 10.1. The Bertz CT molecular complexity index is 164. The fourth-order valence-electron chi connectivity index (χ4n) is 0.815. The highest BCUT2D eigenvalue weighted by atomic mass is 14.8. The van der Waals surface area contributed by atoms with Crippen molar-refractivity contribution in [2.24, 2.45) is 11.5 Å². The largest absolute Gasteiger partial charge is 0.386 e. The molecule has 0 heterocycles. The van der Waals surface area contributed by atoms with Crippen molar-refractivity contribution in [3.8, 4) is 0 Å². The maximum absolute atomic E-state index is 5.44. The third-order valence-electron chi connectivity index (χ3n) is 1.45. The van der Waals surface area contributed by atoms with Crippen molar-refractivity contribution >= 4 is 0 Å². The maximum Gasteiger partial charge on any atom is 0.0928 e. The molecule has 0 fully saturated rings. The van der Waals surface area contributed by atoms with Gasteiger partial charge in [-0.1, -0.05) is 12.2 Å². The molecule has 0 bridgehead atoms. The van der Waals surface area contributed by atoms with Crippen LogP contribution in [0.2, 0.25) is 0 Å². The average Bonchev–Trinajstić information content (AvgIpc) is 1.97. The third kappa shape index (κ3) is 4.25. The van der Waals surface area contributed by atoms with Crippen molar-refractivity contribution in [3.63, 3.8) is 0 Å². The van der Waals surface area contributed by atoms with Gasteiger partial charge in [0.25, 0.3) is 0 Å². The molecule has 0 rings (SSSR count). The van der Waals surface area contributed by atoms with Crippen molar-refractivity contribution in [1.29, 1.82) is 0 Å². The number of nitrogens with two attached hydrogens (primary N) is 2. The van der Waals surface area contributed by atoms with Gasteiger partial charge in [0.15, 0.2) is 0 Å². The normalized spacial score (nSPS) is 8.73. The second-order valence-corrected chi connectivity index (χ2v) is 2.38. The molecule has 4 N–H and O–H groups in total. The summed E-state index contributed by atoms with van der Waals surface area (Å²) in [6.07, 6.45) is 6.24. The van der Waals surface area contributed by atoms with Crippen molar-refractivity contribution in [2.45, 2.75) is 19.3 Å². The van der Waals surface area contributed by atoms with Gasteiger partial charge in [-0.25, -0.2) is 0 Å². The summed E-state index contributed by atoms with van der Waals surface area (Å²) in [5.41, 5.74) is 11.9. The van der Waals surface area contributed by atoms with Gasteiger partial charge in [0, 0.05) is 0 Å². The number of hydrogen-bond donors (Lipinski definition) is 2. The summed E-state index contributed by atoms with van der Waals surface area (Å²) < 4.78 is 0. The summed E-state index contributed by atoms with van der Waals surface area (Å²) in [7, 11) is 0. The smallest absolute Gasteiger partial charge is 0.0928 e. The van der Waals surface area contributed by atoms with Crippen LogP contribution in [0.4, 0.5) is 0 Å². The van der Waals surface area contributed by atoms with E-state index in [-0.39, 0.29) is 0 Å². The van der Waals surface area contributed by atoms with E-state index in [9.17, 15) is 0 Å². The average molecular weight is 152 g/mol. The van der Waals surface area contributed by atoms with Crippen LogP contribution >= 0.6 is 0 Å². The molecule has 0 aliphatic carbocycles. The van der Waals surface area contributed by atoms with Gasteiger partial charge in [0.1, 0.15) is 0 Å². The van der Waals surface area contributed by atoms with Crippen molar-refractivity contribution in [1.82, 2.24) is 0 Å². The predicted molar refractivity (Wildman–Crippen MR) is 49.6 cm³/mol. The molecule has 0 saturated carbocycles. The molecule has 2 nitrogen and oxygen atoms in total. The molecule has 0 saturated heterocycles. The Morgan fingerprint density at radius 2 is 1.82 bits per heavy atom. The van der Waals surface area contributed by atoms with E-state index >= 15 is 0 Å². The highest BCUT2D eigenvalue weighted by Gasteiger charge is 1.96. The van der Waals surface area contributed by atoms with E-state index in [1.165, 1.54) is 0 Å². The Morgan fingerprint density at radius 1 is 1.18 bits per heavy atom. The van der Waals surface area contributed by atoms with Crippen LogP contribution in [0.25, 0.3) is 0 Å². The lowest BCUT2D eigenvalue weighted by Crippen LogP contribution is -2.11. The Kier molecular flexibility index (Phi) is 4.99. The molecule has 0 radical (unpaired) electrons. The van der Waals surface area contributed by atoms with Gasteiger partial charge >= 0.3 is 0 Å². The zero-order chi connectivity index (χ0) is 8.69. The maximum atomic E-state index is 5.44. The van der Waals surface area contributed by atoms with E-state index in [1.807, 2.05) is 6.08 Å². The van der Waals surface area contributed by atoms with Crippen LogP contribution in [-0.4, -0.2) is 0 Å². The Balaban J connectivity index is 4.00. The van der Waals surface area contributed by atoms with Gasteiger partial charge in [0.05, 0.1) is 5.82 Å². The summed E-state index contributed by atoms with van der Waals surface area (Å²) in [4.78, 5) is 0. The summed E-state index contributed by atoms with van der Waals surface area (Å²) in [6, 6.07) is 0. The molecule has 2 heteroatoms. The first kappa shape index (κ1) is 9.82. The zero-order valence-corrected chi connectivity index (χ0v) is 6.84. The first-order valence-corrected chi connectivity index (χ1v) is 3.67. The quantitative estimate of drug-likeness (QED) is 0.589. The van der Waals surface area contributed by atoms with E-state index in [0.717, 1.165) is 24.8 Å². The number of hydrogen-bond acceptors (Lipinski definition) is 2. The fourth-order valence-corrected chi connectivity index (χ4v) is 0.815. The van der Waals surface area contributed by atoms with Crippen molar-refractivity contribution in [2.75, 3.05) is 0 Å². The molecular weight excluding hydrogens is 136 g/mol. The van der Waals surface area contributed by atoms with Gasteiger partial charge in [0.2, 0.25) is 0 Å². The Labute approximate surface area is 68.3 Å². The van der Waals surface area contributed by atoms with Crippen LogP contribution < -0.4 is 11.5 Å². The first-order chi connectivity index (χ1) is 5.22. The Hall–Kier alpha value is -1.18. The molecule has 0 aromatic carbocycles. The molecule has 0 spiro atoms. The summed E-state index contributed by atoms with van der Waals surface area (Å²) in [5, 5.41) is 0. The summed E-state index contributed by atoms with van der Waals surface area (Å²) >= 11 is 0. The van der Waals surface area contributed by atoms with E-state index in [1.54, 1.807) is 6.08 Å². The number of rotatable bonds is 5. The minimum absolute atomic E-state index is 0.423. The molecule has 0 aliphatic heterocycles. The van der Waals surface area contributed by atoms with Gasteiger partial charge < -0.3 is 11.5 Å². The fraction of sp³-hybridized carbons (Fsp3) is 0.333. The molecule has 0 amide bonds. The van der Waals surface area contributed by atoms with E-state index in [4.69, 9.17) is 11.5 Å². The van der Waals surface area contributed by atoms with Gasteiger partial charge in [-0.05, 0) is 24.8 Å². The van der Waals surface area contributed by atoms with E-state index in [2.05, 4.69) is 13.2 Å². The second kappa shape index (κ2) is 5.59. The standard InChI is InChI=1S/C9H16N2/c1-3-5-7-8(6-4-2)9(10)11/h3-4H,1-2,5-7,10-11H2. The first-order valence-electron chi connectivity index (χ1n) is 3.67. The van der Waals surface area contributed by atoms with E-state index < -0.39 is 0 Å². The minimum atomic E-state index is 0.423. The number of allylic oxidation sites excluding steroid dienone is 3. The van der Waals surface area contributed by atoms with Crippen molar-refractivity contribution in [3.05, 3.63) is 36.7 Å². The van der Waals surface area contributed by atoms with Crippen LogP contribution in [0.5, 0.6) is 0 Å². The second-order valence-electron chi connectivity index (χ2n) is 2.38. The topological polar surface area (TPSA) is 52.0 Å². The minimum Gasteiger partial charge on any atom is -0.386 e. The van der Waals surface area contributed by atoms with Gasteiger partial charge in [-0.2, -0.15) is 0 Å². The molecular formula is C9H16N2.